The van der Waals surface area contributed by atoms with Crippen LogP contribution in [0.25, 0.3) is 11.3 Å². The average Bonchev–Trinajstić information content (AvgIpc) is 3.25. The van der Waals surface area contributed by atoms with E-state index in [9.17, 15) is 18.7 Å². The molecule has 0 spiro atoms. The molecule has 2 aromatic carbocycles. The van der Waals surface area contributed by atoms with Crippen LogP contribution in [0.3, 0.4) is 0 Å². The van der Waals surface area contributed by atoms with Crippen LogP contribution < -0.4 is 0 Å². The van der Waals surface area contributed by atoms with Gasteiger partial charge < -0.3 is 14.4 Å². The van der Waals surface area contributed by atoms with E-state index in [-0.39, 0.29) is 17.9 Å². The van der Waals surface area contributed by atoms with Gasteiger partial charge in [-0.25, -0.2) is 13.8 Å². The maximum atomic E-state index is 14.0. The Labute approximate surface area is 166 Å². The number of piperidine rings is 1. The van der Waals surface area contributed by atoms with E-state index in [1.54, 1.807) is 29.3 Å². The van der Waals surface area contributed by atoms with E-state index in [0.717, 1.165) is 6.07 Å². The number of halogens is 2. The number of likely N-dealkylation sites (tertiary alicyclic amines) is 1. The first-order valence-corrected chi connectivity index (χ1v) is 9.39. The largest absolute Gasteiger partial charge is 0.443 e. The van der Waals surface area contributed by atoms with Crippen molar-refractivity contribution >= 4 is 5.91 Å². The summed E-state index contributed by atoms with van der Waals surface area (Å²) in [5, 5.41) is 10.9. The molecule has 0 unspecified atom stereocenters. The molecule has 3 aromatic rings. The van der Waals surface area contributed by atoms with Gasteiger partial charge >= 0.3 is 0 Å². The molecule has 150 valence electrons. The predicted octanol–water partition coefficient (Wildman–Crippen LogP) is 3.83. The lowest BCUT2D eigenvalue weighted by atomic mass is 9.85. The smallest absolute Gasteiger partial charge is 0.254 e. The van der Waals surface area contributed by atoms with Crippen LogP contribution in [0.15, 0.2) is 59.5 Å². The van der Waals surface area contributed by atoms with Crippen molar-refractivity contribution in [3.05, 3.63) is 77.8 Å². The zero-order valence-electron chi connectivity index (χ0n) is 15.6. The molecule has 7 heteroatoms. The fourth-order valence-electron chi connectivity index (χ4n) is 3.73. The van der Waals surface area contributed by atoms with Gasteiger partial charge in [-0.3, -0.25) is 4.79 Å². The average molecular weight is 398 g/mol. The fourth-order valence-corrected chi connectivity index (χ4v) is 3.73. The highest BCUT2D eigenvalue weighted by atomic mass is 19.1. The van der Waals surface area contributed by atoms with Crippen molar-refractivity contribution in [3.63, 3.8) is 0 Å². The number of hydrogen-bond acceptors (Lipinski definition) is 4. The molecular formula is C22H20F2N2O3. The first kappa shape index (κ1) is 19.3. The minimum Gasteiger partial charge on any atom is -0.443 e. The summed E-state index contributed by atoms with van der Waals surface area (Å²) >= 11 is 0. The summed E-state index contributed by atoms with van der Waals surface area (Å²) in [5.74, 6) is -0.969. The van der Waals surface area contributed by atoms with Crippen molar-refractivity contribution in [2.24, 2.45) is 0 Å². The van der Waals surface area contributed by atoms with Gasteiger partial charge in [0.1, 0.15) is 11.6 Å². The van der Waals surface area contributed by atoms with Gasteiger partial charge in [0, 0.05) is 31.1 Å². The lowest BCUT2D eigenvalue weighted by molar-refractivity contribution is -0.0167. The van der Waals surface area contributed by atoms with Crippen molar-refractivity contribution in [1.29, 1.82) is 0 Å². The van der Waals surface area contributed by atoms with E-state index in [1.807, 2.05) is 6.07 Å². The molecule has 0 atom stereocenters. The molecule has 0 saturated carbocycles. The van der Waals surface area contributed by atoms with E-state index in [0.29, 0.717) is 42.8 Å². The Hall–Kier alpha value is -3.06. The summed E-state index contributed by atoms with van der Waals surface area (Å²) in [6.07, 6.45) is 3.56. The normalized spacial score (nSPS) is 16.0. The minimum atomic E-state index is -1.14. The summed E-state index contributed by atoms with van der Waals surface area (Å²) < 4.78 is 32.4. The van der Waals surface area contributed by atoms with Crippen LogP contribution in [0, 0.1) is 11.6 Å². The monoisotopic (exact) mass is 398 g/mol. The Morgan fingerprint density at radius 3 is 2.62 bits per heavy atom. The lowest BCUT2D eigenvalue weighted by Crippen LogP contribution is -2.48. The molecule has 0 aliphatic carbocycles. The van der Waals surface area contributed by atoms with Crippen LogP contribution in [0.5, 0.6) is 0 Å². The third kappa shape index (κ3) is 4.05. The van der Waals surface area contributed by atoms with Gasteiger partial charge in [-0.15, -0.1) is 0 Å². The molecule has 1 aromatic heterocycles. The number of amides is 1. The highest BCUT2D eigenvalue weighted by Crippen LogP contribution is 2.30. The molecular weight excluding hydrogens is 378 g/mol. The van der Waals surface area contributed by atoms with Crippen LogP contribution in [-0.4, -0.2) is 39.6 Å². The quantitative estimate of drug-likeness (QED) is 0.725. The van der Waals surface area contributed by atoms with E-state index < -0.39 is 17.2 Å². The zero-order valence-corrected chi connectivity index (χ0v) is 15.6. The van der Waals surface area contributed by atoms with Crippen molar-refractivity contribution in [1.82, 2.24) is 9.88 Å². The van der Waals surface area contributed by atoms with Crippen LogP contribution >= 0.6 is 0 Å². The zero-order chi connectivity index (χ0) is 20.4. The molecule has 1 aliphatic heterocycles. The molecule has 1 N–H and O–H groups in total. The van der Waals surface area contributed by atoms with Crippen molar-refractivity contribution < 1.29 is 23.1 Å². The Morgan fingerprint density at radius 2 is 1.93 bits per heavy atom. The molecule has 2 heterocycles. The number of aliphatic hydroxyl groups is 1. The minimum absolute atomic E-state index is 0.0792. The summed E-state index contributed by atoms with van der Waals surface area (Å²) in [4.78, 5) is 18.6. The molecule has 0 bridgehead atoms. The summed E-state index contributed by atoms with van der Waals surface area (Å²) in [6, 6.07) is 10.5. The Balaban J connectivity index is 1.47. The highest BCUT2D eigenvalue weighted by Gasteiger charge is 2.35. The van der Waals surface area contributed by atoms with Crippen molar-refractivity contribution in [2.75, 3.05) is 13.1 Å². The van der Waals surface area contributed by atoms with Crippen LogP contribution in [0.2, 0.25) is 0 Å². The van der Waals surface area contributed by atoms with Gasteiger partial charge in [0.25, 0.3) is 5.91 Å². The molecule has 0 radical (unpaired) electrons. The number of carbonyl (C=O) groups is 1. The summed E-state index contributed by atoms with van der Waals surface area (Å²) in [5.41, 5.74) is 0.285. The molecule has 1 fully saturated rings. The first-order chi connectivity index (χ1) is 14.0. The van der Waals surface area contributed by atoms with Crippen LogP contribution in [0.4, 0.5) is 8.78 Å². The molecule has 1 saturated heterocycles. The number of nitrogens with zero attached hydrogens (tertiary/aromatic N) is 2. The molecule has 4 rings (SSSR count). The summed E-state index contributed by atoms with van der Waals surface area (Å²) in [7, 11) is 0. The van der Waals surface area contributed by atoms with Crippen LogP contribution in [0.1, 0.15) is 28.8 Å². The SMILES string of the molecule is O=C(c1ccccc1-c1cnco1)N1CCC(O)(Cc2ccc(F)cc2F)CC1. The second-order valence-corrected chi connectivity index (χ2v) is 7.34. The van der Waals surface area contributed by atoms with Gasteiger partial charge in [-0.05, 0) is 30.5 Å². The van der Waals surface area contributed by atoms with Gasteiger partial charge in [0.15, 0.2) is 12.2 Å². The molecule has 29 heavy (non-hydrogen) atoms. The van der Waals surface area contributed by atoms with Crippen molar-refractivity contribution in [2.45, 2.75) is 24.9 Å². The van der Waals surface area contributed by atoms with E-state index >= 15 is 0 Å². The third-order valence-electron chi connectivity index (χ3n) is 5.37. The maximum Gasteiger partial charge on any atom is 0.254 e. The van der Waals surface area contributed by atoms with Crippen molar-refractivity contribution in [3.8, 4) is 11.3 Å². The second kappa shape index (κ2) is 7.75. The Kier molecular flexibility index (Phi) is 5.15. The fraction of sp³-hybridized carbons (Fsp3) is 0.273. The summed E-state index contributed by atoms with van der Waals surface area (Å²) in [6.45, 7) is 0.672. The van der Waals surface area contributed by atoms with E-state index in [1.165, 1.54) is 18.5 Å². The first-order valence-electron chi connectivity index (χ1n) is 9.39. The third-order valence-corrected chi connectivity index (χ3v) is 5.37. The lowest BCUT2D eigenvalue weighted by Gasteiger charge is -2.38. The molecule has 5 nitrogen and oxygen atoms in total. The van der Waals surface area contributed by atoms with Gasteiger partial charge in [0.2, 0.25) is 0 Å². The molecule has 1 aliphatic rings. The van der Waals surface area contributed by atoms with Gasteiger partial charge in [-0.1, -0.05) is 24.3 Å². The number of aromatic nitrogens is 1. The topological polar surface area (TPSA) is 66.6 Å². The number of benzene rings is 2. The van der Waals surface area contributed by atoms with E-state index in [4.69, 9.17) is 4.42 Å². The number of hydrogen-bond donors (Lipinski definition) is 1. The second-order valence-electron chi connectivity index (χ2n) is 7.34. The van der Waals surface area contributed by atoms with E-state index in [2.05, 4.69) is 4.98 Å². The maximum absolute atomic E-state index is 14.0. The van der Waals surface area contributed by atoms with Crippen LogP contribution in [-0.2, 0) is 6.42 Å². The van der Waals surface area contributed by atoms with Gasteiger partial charge in [0.05, 0.1) is 17.4 Å². The molecule has 1 amide bonds. The number of carbonyl (C=O) groups excluding carboxylic acids is 1. The Morgan fingerprint density at radius 1 is 1.17 bits per heavy atom. The predicted molar refractivity (Wildman–Crippen MR) is 102 cm³/mol. The number of oxazole rings is 1. The number of rotatable bonds is 4. The Bertz CT molecular complexity index is 1010. The highest BCUT2D eigenvalue weighted by molar-refractivity contribution is 6.00. The van der Waals surface area contributed by atoms with Gasteiger partial charge in [-0.2, -0.15) is 0 Å². The standard InChI is InChI=1S/C22H20F2N2O3/c23-16-6-5-15(19(24)11-16)12-22(28)7-9-26(10-8-22)21(27)18-4-2-1-3-17(18)20-13-25-14-29-20/h1-6,11,13-14,28H,7-10,12H2.